The summed E-state index contributed by atoms with van der Waals surface area (Å²) in [5.74, 6) is 0.884. The van der Waals surface area contributed by atoms with Gasteiger partial charge in [-0.2, -0.15) is 11.8 Å². The molecule has 0 atom stereocenters. The van der Waals surface area contributed by atoms with Gasteiger partial charge in [-0.05, 0) is 32.2 Å². The number of thioether (sulfide) groups is 1. The average molecular weight is 198 g/mol. The summed E-state index contributed by atoms with van der Waals surface area (Å²) in [5, 5.41) is 13.0. The van der Waals surface area contributed by atoms with E-state index in [1.165, 1.54) is 0 Å². The molecule has 0 aliphatic carbocycles. The van der Waals surface area contributed by atoms with Crippen LogP contribution in [0.3, 0.4) is 0 Å². The molecule has 1 aliphatic rings. The van der Waals surface area contributed by atoms with Crippen LogP contribution in [0.2, 0.25) is 0 Å². The van der Waals surface area contributed by atoms with Crippen molar-refractivity contribution in [1.82, 2.24) is 5.32 Å². The molecule has 0 aromatic rings. The summed E-state index contributed by atoms with van der Waals surface area (Å²) in [5.41, 5.74) is -0.370. The van der Waals surface area contributed by atoms with Crippen molar-refractivity contribution in [3.05, 3.63) is 0 Å². The lowest BCUT2D eigenvalue weighted by molar-refractivity contribution is 0.0340. The Hall–Kier alpha value is 0.560. The summed E-state index contributed by atoms with van der Waals surface area (Å²) in [6, 6.07) is 0. The number of rotatable bonds is 2. The first-order chi connectivity index (χ1) is 4.77. The summed E-state index contributed by atoms with van der Waals surface area (Å²) in [7, 11) is 0. The van der Waals surface area contributed by atoms with E-state index >= 15 is 0 Å². The van der Waals surface area contributed by atoms with Crippen LogP contribution in [0.4, 0.5) is 0 Å². The van der Waals surface area contributed by atoms with Crippen LogP contribution in [0.1, 0.15) is 12.8 Å². The largest absolute Gasteiger partial charge is 0.389 e. The van der Waals surface area contributed by atoms with E-state index in [1.54, 1.807) is 11.8 Å². The number of hydrogen-bond donors (Lipinski definition) is 2. The fourth-order valence-corrected chi connectivity index (χ4v) is 2.13. The quantitative estimate of drug-likeness (QED) is 0.690. The minimum atomic E-state index is -0.370. The maximum Gasteiger partial charge on any atom is 0.0761 e. The number of nitrogens with one attached hydrogen (secondary N) is 1. The van der Waals surface area contributed by atoms with Crippen molar-refractivity contribution in [2.24, 2.45) is 0 Å². The van der Waals surface area contributed by atoms with Gasteiger partial charge in [0.25, 0.3) is 0 Å². The van der Waals surface area contributed by atoms with E-state index in [9.17, 15) is 5.11 Å². The van der Waals surface area contributed by atoms with E-state index in [4.69, 9.17) is 0 Å². The van der Waals surface area contributed by atoms with Gasteiger partial charge in [0.15, 0.2) is 0 Å². The molecule has 4 heteroatoms. The molecule has 0 radical (unpaired) electrons. The van der Waals surface area contributed by atoms with Crippen LogP contribution < -0.4 is 5.32 Å². The average Bonchev–Trinajstić information content (AvgIpc) is 1.89. The standard InChI is InChI=1S/C7H15NOS.ClH/c1-10-6-7(9)2-4-8-5-3-7;/h8-9H,2-6H2,1H3;1H. The van der Waals surface area contributed by atoms with Gasteiger partial charge in [0.2, 0.25) is 0 Å². The fourth-order valence-electron chi connectivity index (χ4n) is 1.31. The molecule has 11 heavy (non-hydrogen) atoms. The first-order valence-corrected chi connectivity index (χ1v) is 5.08. The molecule has 1 aliphatic heterocycles. The maximum atomic E-state index is 9.81. The highest BCUT2D eigenvalue weighted by Gasteiger charge is 2.27. The van der Waals surface area contributed by atoms with Gasteiger partial charge in [-0.3, -0.25) is 0 Å². The Morgan fingerprint density at radius 2 is 2.00 bits per heavy atom. The highest BCUT2D eigenvalue weighted by atomic mass is 35.5. The van der Waals surface area contributed by atoms with Crippen LogP contribution >= 0.6 is 24.2 Å². The topological polar surface area (TPSA) is 32.3 Å². The van der Waals surface area contributed by atoms with Crippen molar-refractivity contribution >= 4 is 24.2 Å². The second-order valence-electron chi connectivity index (χ2n) is 2.91. The van der Waals surface area contributed by atoms with Crippen molar-refractivity contribution in [2.75, 3.05) is 25.1 Å². The van der Waals surface area contributed by atoms with E-state index in [1.807, 2.05) is 6.26 Å². The normalized spacial score (nSPS) is 22.4. The third-order valence-corrected chi connectivity index (χ3v) is 2.77. The van der Waals surface area contributed by atoms with Gasteiger partial charge in [-0.1, -0.05) is 0 Å². The Bertz CT molecular complexity index is 101. The highest BCUT2D eigenvalue weighted by Crippen LogP contribution is 2.21. The molecule has 0 aromatic heterocycles. The van der Waals surface area contributed by atoms with E-state index in [-0.39, 0.29) is 18.0 Å². The van der Waals surface area contributed by atoms with E-state index in [0.29, 0.717) is 0 Å². The molecule has 0 bridgehead atoms. The Morgan fingerprint density at radius 1 is 1.45 bits per heavy atom. The third-order valence-electron chi connectivity index (χ3n) is 1.95. The van der Waals surface area contributed by atoms with Gasteiger partial charge in [0.1, 0.15) is 0 Å². The zero-order valence-corrected chi connectivity index (χ0v) is 8.43. The second kappa shape index (κ2) is 5.25. The first-order valence-electron chi connectivity index (χ1n) is 3.69. The lowest BCUT2D eigenvalue weighted by Crippen LogP contribution is -2.43. The summed E-state index contributed by atoms with van der Waals surface area (Å²) in [4.78, 5) is 0. The van der Waals surface area contributed by atoms with Crippen LogP contribution in [0.15, 0.2) is 0 Å². The number of aliphatic hydroxyl groups is 1. The number of halogens is 1. The number of piperidine rings is 1. The summed E-state index contributed by atoms with van der Waals surface area (Å²) >= 11 is 1.73. The smallest absolute Gasteiger partial charge is 0.0761 e. The summed E-state index contributed by atoms with van der Waals surface area (Å²) < 4.78 is 0. The van der Waals surface area contributed by atoms with Crippen LogP contribution in [0, 0.1) is 0 Å². The van der Waals surface area contributed by atoms with Crippen LogP contribution in [-0.2, 0) is 0 Å². The lowest BCUT2D eigenvalue weighted by atomic mass is 9.95. The van der Waals surface area contributed by atoms with Crippen LogP contribution in [0.5, 0.6) is 0 Å². The zero-order chi connectivity index (χ0) is 7.45. The maximum absolute atomic E-state index is 9.81. The van der Waals surface area contributed by atoms with Gasteiger partial charge >= 0.3 is 0 Å². The second-order valence-corrected chi connectivity index (χ2v) is 3.77. The lowest BCUT2D eigenvalue weighted by Gasteiger charge is -2.31. The van der Waals surface area contributed by atoms with E-state index in [2.05, 4.69) is 5.32 Å². The molecule has 1 fully saturated rings. The zero-order valence-electron chi connectivity index (χ0n) is 6.80. The molecule has 0 aromatic carbocycles. The van der Waals surface area contributed by atoms with Gasteiger partial charge < -0.3 is 10.4 Å². The van der Waals surface area contributed by atoms with Crippen molar-refractivity contribution in [3.8, 4) is 0 Å². The van der Waals surface area contributed by atoms with Crippen molar-refractivity contribution < 1.29 is 5.11 Å². The summed E-state index contributed by atoms with van der Waals surface area (Å²) in [6.45, 7) is 1.94. The van der Waals surface area contributed by atoms with E-state index in [0.717, 1.165) is 31.7 Å². The molecule has 1 rings (SSSR count). The molecule has 68 valence electrons. The fraction of sp³-hybridized carbons (Fsp3) is 1.00. The minimum absolute atomic E-state index is 0. The highest BCUT2D eigenvalue weighted by molar-refractivity contribution is 7.98. The van der Waals surface area contributed by atoms with Crippen LogP contribution in [-0.4, -0.2) is 35.8 Å². The van der Waals surface area contributed by atoms with Crippen LogP contribution in [0.25, 0.3) is 0 Å². The molecule has 0 unspecified atom stereocenters. The molecular formula is C7H16ClNOS. The van der Waals surface area contributed by atoms with Gasteiger partial charge in [0, 0.05) is 5.75 Å². The minimum Gasteiger partial charge on any atom is -0.389 e. The van der Waals surface area contributed by atoms with Gasteiger partial charge in [0.05, 0.1) is 5.60 Å². The molecule has 0 saturated carbocycles. The molecule has 0 spiro atoms. The van der Waals surface area contributed by atoms with Crippen molar-refractivity contribution in [2.45, 2.75) is 18.4 Å². The number of hydrogen-bond acceptors (Lipinski definition) is 3. The summed E-state index contributed by atoms with van der Waals surface area (Å²) in [6.07, 6.45) is 3.86. The molecular weight excluding hydrogens is 182 g/mol. The van der Waals surface area contributed by atoms with E-state index < -0.39 is 0 Å². The molecule has 2 N–H and O–H groups in total. The first kappa shape index (κ1) is 11.6. The predicted molar refractivity (Wildman–Crippen MR) is 52.7 cm³/mol. The molecule has 1 saturated heterocycles. The van der Waals surface area contributed by atoms with Gasteiger partial charge in [-0.15, -0.1) is 12.4 Å². The third kappa shape index (κ3) is 3.65. The van der Waals surface area contributed by atoms with Crippen molar-refractivity contribution in [1.29, 1.82) is 0 Å². The van der Waals surface area contributed by atoms with Crippen molar-refractivity contribution in [3.63, 3.8) is 0 Å². The predicted octanol–water partition coefficient (Wildman–Crippen LogP) is 0.886. The monoisotopic (exact) mass is 197 g/mol. The molecule has 2 nitrogen and oxygen atoms in total. The molecule has 0 amide bonds. The SMILES string of the molecule is CSCC1(O)CCNCC1.Cl. The Balaban J connectivity index is 0.000001000. The molecule has 1 heterocycles. The van der Waals surface area contributed by atoms with Gasteiger partial charge in [-0.25, -0.2) is 0 Å². The Morgan fingerprint density at radius 3 is 2.45 bits per heavy atom. The Kier molecular flexibility index (Phi) is 5.52. The Labute approximate surface area is 78.5 Å².